The first-order valence-electron chi connectivity index (χ1n) is 8.40. The Morgan fingerprint density at radius 3 is 2.64 bits per heavy atom. The lowest BCUT2D eigenvalue weighted by atomic mass is 10.3. The molecule has 0 saturated carbocycles. The number of aryl methyl sites for hydroxylation is 2. The summed E-state index contributed by atoms with van der Waals surface area (Å²) < 4.78 is 1.27. The average molecular weight is 342 g/mol. The third-order valence-electron chi connectivity index (χ3n) is 4.09. The fraction of sp³-hybridized carbons (Fsp3) is 0.471. The van der Waals surface area contributed by atoms with Gasteiger partial charge >= 0.3 is 0 Å². The van der Waals surface area contributed by atoms with Crippen molar-refractivity contribution in [1.82, 2.24) is 24.8 Å². The van der Waals surface area contributed by atoms with Crippen molar-refractivity contribution in [2.75, 3.05) is 18.0 Å². The molecule has 132 valence electrons. The summed E-state index contributed by atoms with van der Waals surface area (Å²) in [7, 11) is 0. The van der Waals surface area contributed by atoms with Crippen molar-refractivity contribution >= 4 is 11.7 Å². The number of carbonyl (C=O) groups is 1. The van der Waals surface area contributed by atoms with Crippen LogP contribution in [-0.2, 0) is 17.9 Å². The number of nitrogens with one attached hydrogen (secondary N) is 1. The molecule has 8 nitrogen and oxygen atoms in total. The molecule has 0 aromatic carbocycles. The topological polar surface area (TPSA) is 93.0 Å². The Morgan fingerprint density at radius 1 is 1.16 bits per heavy atom. The molecule has 25 heavy (non-hydrogen) atoms. The highest BCUT2D eigenvalue weighted by atomic mass is 16.2. The van der Waals surface area contributed by atoms with Crippen molar-refractivity contribution in [2.45, 2.75) is 39.8 Å². The third kappa shape index (κ3) is 4.40. The van der Waals surface area contributed by atoms with E-state index in [0.29, 0.717) is 11.5 Å². The molecule has 1 amide bonds. The molecule has 3 heterocycles. The van der Waals surface area contributed by atoms with E-state index >= 15 is 0 Å². The van der Waals surface area contributed by atoms with Gasteiger partial charge < -0.3 is 10.2 Å². The maximum Gasteiger partial charge on any atom is 0.253 e. The van der Waals surface area contributed by atoms with Gasteiger partial charge in [-0.3, -0.25) is 14.2 Å². The normalized spacial score (nSPS) is 13.9. The Balaban J connectivity index is 1.62. The van der Waals surface area contributed by atoms with Crippen LogP contribution < -0.4 is 15.8 Å². The quantitative estimate of drug-likeness (QED) is 0.854. The van der Waals surface area contributed by atoms with E-state index in [9.17, 15) is 9.59 Å². The van der Waals surface area contributed by atoms with Crippen molar-refractivity contribution in [3.05, 3.63) is 46.0 Å². The highest BCUT2D eigenvalue weighted by Gasteiger charge is 2.15. The predicted octanol–water partition coefficient (Wildman–Crippen LogP) is 0.567. The average Bonchev–Trinajstić information content (AvgIpc) is 3.10. The maximum atomic E-state index is 12.1. The van der Waals surface area contributed by atoms with Crippen LogP contribution in [0.1, 0.15) is 30.1 Å². The van der Waals surface area contributed by atoms with Gasteiger partial charge in [0.05, 0.1) is 12.9 Å². The Hall–Kier alpha value is -2.77. The first-order valence-corrected chi connectivity index (χ1v) is 8.40. The van der Waals surface area contributed by atoms with Crippen LogP contribution in [0.4, 0.5) is 5.82 Å². The van der Waals surface area contributed by atoms with Crippen molar-refractivity contribution in [1.29, 1.82) is 0 Å². The van der Waals surface area contributed by atoms with E-state index in [0.717, 1.165) is 24.6 Å². The number of aromatic nitrogens is 4. The smallest absolute Gasteiger partial charge is 0.253 e. The van der Waals surface area contributed by atoms with Crippen LogP contribution >= 0.6 is 0 Å². The molecule has 1 N–H and O–H groups in total. The van der Waals surface area contributed by atoms with E-state index < -0.39 is 0 Å². The minimum absolute atomic E-state index is 0.0725. The van der Waals surface area contributed by atoms with Gasteiger partial charge in [0.15, 0.2) is 0 Å². The van der Waals surface area contributed by atoms with E-state index in [1.165, 1.54) is 29.8 Å². The SMILES string of the molecule is Cc1cc(=O)n(CC(=O)NCc2nc(C)cc(N3CCCC3)n2)cn1. The molecule has 0 unspecified atom stereocenters. The summed E-state index contributed by atoms with van der Waals surface area (Å²) in [5, 5.41) is 2.76. The number of hydrogen-bond acceptors (Lipinski definition) is 6. The van der Waals surface area contributed by atoms with Gasteiger partial charge in [-0.25, -0.2) is 15.0 Å². The molecule has 8 heteroatoms. The van der Waals surface area contributed by atoms with Gasteiger partial charge in [0.2, 0.25) is 5.91 Å². The Kier molecular flexibility index (Phi) is 5.06. The van der Waals surface area contributed by atoms with Crippen LogP contribution in [0.2, 0.25) is 0 Å². The Bertz CT molecular complexity index is 826. The summed E-state index contributed by atoms with van der Waals surface area (Å²) >= 11 is 0. The third-order valence-corrected chi connectivity index (χ3v) is 4.09. The lowest BCUT2D eigenvalue weighted by Gasteiger charge is -2.17. The molecule has 0 bridgehead atoms. The van der Waals surface area contributed by atoms with Gasteiger partial charge in [0.25, 0.3) is 5.56 Å². The van der Waals surface area contributed by atoms with Crippen LogP contribution in [0.25, 0.3) is 0 Å². The largest absolute Gasteiger partial charge is 0.357 e. The summed E-state index contributed by atoms with van der Waals surface area (Å²) in [6.45, 7) is 5.83. The molecule has 0 aliphatic carbocycles. The number of rotatable bonds is 5. The first kappa shape index (κ1) is 17.1. The van der Waals surface area contributed by atoms with Crippen LogP contribution in [0, 0.1) is 13.8 Å². The van der Waals surface area contributed by atoms with Crippen molar-refractivity contribution in [2.24, 2.45) is 0 Å². The zero-order valence-electron chi connectivity index (χ0n) is 14.5. The highest BCUT2D eigenvalue weighted by molar-refractivity contribution is 5.75. The van der Waals surface area contributed by atoms with Gasteiger partial charge in [0, 0.05) is 36.6 Å². The van der Waals surface area contributed by atoms with Crippen LogP contribution in [0.15, 0.2) is 23.3 Å². The molecular formula is C17H22N6O2. The predicted molar refractivity (Wildman–Crippen MR) is 93.3 cm³/mol. The zero-order chi connectivity index (χ0) is 17.8. The molecule has 1 aliphatic heterocycles. The van der Waals surface area contributed by atoms with Gasteiger partial charge in [-0.15, -0.1) is 0 Å². The van der Waals surface area contributed by atoms with Gasteiger partial charge in [-0.1, -0.05) is 0 Å². The van der Waals surface area contributed by atoms with Crippen molar-refractivity contribution in [3.8, 4) is 0 Å². The fourth-order valence-electron chi connectivity index (χ4n) is 2.82. The molecule has 1 fully saturated rings. The monoisotopic (exact) mass is 342 g/mol. The summed E-state index contributed by atoms with van der Waals surface area (Å²) in [6, 6.07) is 3.37. The highest BCUT2D eigenvalue weighted by Crippen LogP contribution is 2.18. The van der Waals surface area contributed by atoms with E-state index in [1.54, 1.807) is 6.92 Å². The maximum absolute atomic E-state index is 12.1. The van der Waals surface area contributed by atoms with Crippen molar-refractivity contribution < 1.29 is 4.79 Å². The second-order valence-corrected chi connectivity index (χ2v) is 6.25. The molecule has 0 radical (unpaired) electrons. The van der Waals surface area contributed by atoms with E-state index in [4.69, 9.17) is 0 Å². The molecule has 0 spiro atoms. The van der Waals surface area contributed by atoms with E-state index in [1.807, 2.05) is 13.0 Å². The molecule has 3 rings (SSSR count). The number of nitrogens with zero attached hydrogens (tertiary/aromatic N) is 5. The summed E-state index contributed by atoms with van der Waals surface area (Å²) in [6.07, 6.45) is 3.73. The van der Waals surface area contributed by atoms with Gasteiger partial charge in [0.1, 0.15) is 18.2 Å². The Labute approximate surface area is 145 Å². The lowest BCUT2D eigenvalue weighted by Crippen LogP contribution is -2.32. The fourth-order valence-corrected chi connectivity index (χ4v) is 2.82. The van der Waals surface area contributed by atoms with Crippen molar-refractivity contribution in [3.63, 3.8) is 0 Å². The molecule has 1 saturated heterocycles. The molecule has 2 aromatic rings. The zero-order valence-corrected chi connectivity index (χ0v) is 14.5. The van der Waals surface area contributed by atoms with Crippen LogP contribution in [-0.4, -0.2) is 38.5 Å². The summed E-state index contributed by atoms with van der Waals surface area (Å²) in [5.74, 6) is 1.21. The first-order chi connectivity index (χ1) is 12.0. The van der Waals surface area contributed by atoms with Gasteiger partial charge in [-0.05, 0) is 26.7 Å². The number of anilines is 1. The number of carbonyl (C=O) groups excluding carboxylic acids is 1. The summed E-state index contributed by atoms with van der Waals surface area (Å²) in [4.78, 5) is 39.1. The minimum atomic E-state index is -0.277. The number of hydrogen-bond donors (Lipinski definition) is 1. The molecule has 1 aliphatic rings. The Morgan fingerprint density at radius 2 is 1.92 bits per heavy atom. The molecule has 2 aromatic heterocycles. The van der Waals surface area contributed by atoms with E-state index in [2.05, 4.69) is 25.2 Å². The second-order valence-electron chi connectivity index (χ2n) is 6.25. The second kappa shape index (κ2) is 7.42. The van der Waals surface area contributed by atoms with E-state index in [-0.39, 0.29) is 24.6 Å². The molecular weight excluding hydrogens is 320 g/mol. The standard InChI is InChI=1S/C17H22N6O2/c1-12-8-17(25)23(11-19-12)10-16(24)18-9-14-20-13(2)7-15(21-14)22-5-3-4-6-22/h7-8,11H,3-6,9-10H2,1-2H3,(H,18,24). The lowest BCUT2D eigenvalue weighted by molar-refractivity contribution is -0.121. The van der Waals surface area contributed by atoms with Crippen LogP contribution in [0.5, 0.6) is 0 Å². The summed E-state index contributed by atoms with van der Waals surface area (Å²) in [5.41, 5.74) is 1.26. The minimum Gasteiger partial charge on any atom is -0.357 e. The van der Waals surface area contributed by atoms with Gasteiger partial charge in [-0.2, -0.15) is 0 Å². The molecule has 0 atom stereocenters. The number of amides is 1. The van der Waals surface area contributed by atoms with Crippen LogP contribution in [0.3, 0.4) is 0 Å².